The average molecular weight is 414 g/mol. The molecule has 0 saturated heterocycles. The highest BCUT2D eigenvalue weighted by Crippen LogP contribution is 2.37. The Balaban J connectivity index is 1.54. The number of methoxy groups -OCH3 is 1. The molecule has 1 aliphatic carbocycles. The Labute approximate surface area is 171 Å². The summed E-state index contributed by atoms with van der Waals surface area (Å²) in [4.78, 5) is 25.0. The van der Waals surface area contributed by atoms with Gasteiger partial charge in [-0.3, -0.25) is 4.79 Å². The number of carbonyl (C=O) groups is 2. The third kappa shape index (κ3) is 5.00. The summed E-state index contributed by atoms with van der Waals surface area (Å²) in [6.45, 7) is -0.479. The Bertz CT molecular complexity index is 1010. The maximum absolute atomic E-state index is 13.6. The Hall–Kier alpha value is -3.18. The van der Waals surface area contributed by atoms with Crippen LogP contribution in [0.15, 0.2) is 24.3 Å². The van der Waals surface area contributed by atoms with Gasteiger partial charge in [0, 0.05) is 11.0 Å². The summed E-state index contributed by atoms with van der Waals surface area (Å²) in [5.74, 6) is -1.69. The Morgan fingerprint density at radius 1 is 1.34 bits per heavy atom. The molecule has 0 spiro atoms. The number of fused-ring (bicyclic) bond motifs is 1. The molecule has 1 aromatic heterocycles. The molecule has 0 aliphatic heterocycles. The van der Waals surface area contributed by atoms with Crippen LogP contribution in [0.25, 0.3) is 6.08 Å². The number of rotatable bonds is 6. The molecule has 0 saturated carbocycles. The fourth-order valence-electron chi connectivity index (χ4n) is 3.07. The second kappa shape index (κ2) is 9.34. The zero-order valence-corrected chi connectivity index (χ0v) is 16.6. The number of carbonyl (C=O) groups excluding carboxylic acids is 2. The fourth-order valence-corrected chi connectivity index (χ4v) is 4.33. The number of hydrogen-bond acceptors (Lipinski definition) is 6. The average Bonchev–Trinajstić information content (AvgIpc) is 3.07. The molecule has 0 atom stereocenters. The van der Waals surface area contributed by atoms with Crippen LogP contribution in [0.4, 0.5) is 9.39 Å². The van der Waals surface area contributed by atoms with Crippen molar-refractivity contribution >= 4 is 34.3 Å². The molecular weight excluding hydrogens is 395 g/mol. The van der Waals surface area contributed by atoms with Crippen molar-refractivity contribution in [3.63, 3.8) is 0 Å². The van der Waals surface area contributed by atoms with E-state index in [1.807, 2.05) is 0 Å². The van der Waals surface area contributed by atoms with E-state index < -0.39 is 24.3 Å². The van der Waals surface area contributed by atoms with Gasteiger partial charge in [-0.1, -0.05) is 6.07 Å². The lowest BCUT2D eigenvalue weighted by Gasteiger charge is -2.09. The molecule has 0 fully saturated rings. The van der Waals surface area contributed by atoms with Crippen molar-refractivity contribution in [1.29, 1.82) is 5.26 Å². The van der Waals surface area contributed by atoms with E-state index in [0.717, 1.165) is 42.2 Å². The minimum atomic E-state index is -0.734. The number of nitrogens with zero attached hydrogens (tertiary/aromatic N) is 1. The molecule has 0 unspecified atom stereocenters. The molecule has 1 amide bonds. The van der Waals surface area contributed by atoms with E-state index in [-0.39, 0.29) is 5.75 Å². The number of nitriles is 1. The van der Waals surface area contributed by atoms with Crippen LogP contribution in [0.2, 0.25) is 0 Å². The van der Waals surface area contributed by atoms with Crippen molar-refractivity contribution in [1.82, 2.24) is 0 Å². The molecule has 0 bridgehead atoms. The van der Waals surface area contributed by atoms with Crippen LogP contribution >= 0.6 is 11.3 Å². The summed E-state index contributed by atoms with van der Waals surface area (Å²) in [7, 11) is 1.36. The van der Waals surface area contributed by atoms with Gasteiger partial charge in [0.15, 0.2) is 18.2 Å². The zero-order valence-electron chi connectivity index (χ0n) is 15.8. The van der Waals surface area contributed by atoms with Crippen LogP contribution in [0, 0.1) is 17.1 Å². The number of thiophene rings is 1. The van der Waals surface area contributed by atoms with Crippen LogP contribution in [-0.4, -0.2) is 25.6 Å². The number of esters is 1. The first kappa shape index (κ1) is 20.6. The standard InChI is InChI=1S/C21H19FN2O4S/c1-27-17-8-6-13(10-16(17)22)7-9-20(26)28-12-19(25)24-21-15(11-23)14-4-2-3-5-18(14)29-21/h6-10H,2-5,12H2,1H3,(H,24,25)/b9-7+. The minimum absolute atomic E-state index is 0.105. The molecule has 2 aromatic rings. The third-order valence-electron chi connectivity index (χ3n) is 4.47. The van der Waals surface area contributed by atoms with Crippen molar-refractivity contribution in [2.24, 2.45) is 0 Å². The molecule has 1 N–H and O–H groups in total. The Kier molecular flexibility index (Phi) is 6.62. The Morgan fingerprint density at radius 3 is 2.86 bits per heavy atom. The molecular formula is C21H19FN2O4S. The smallest absolute Gasteiger partial charge is 0.331 e. The van der Waals surface area contributed by atoms with Gasteiger partial charge in [-0.05, 0) is 55.0 Å². The van der Waals surface area contributed by atoms with Crippen LogP contribution in [0.5, 0.6) is 5.75 Å². The largest absolute Gasteiger partial charge is 0.494 e. The van der Waals surface area contributed by atoms with Crippen molar-refractivity contribution in [2.75, 3.05) is 19.0 Å². The summed E-state index contributed by atoms with van der Waals surface area (Å²) in [6, 6.07) is 6.41. The fraction of sp³-hybridized carbons (Fsp3) is 0.286. The van der Waals surface area contributed by atoms with E-state index in [9.17, 15) is 19.2 Å². The number of benzene rings is 1. The molecule has 1 aliphatic rings. The van der Waals surface area contributed by atoms with E-state index in [0.29, 0.717) is 16.1 Å². The molecule has 1 aromatic carbocycles. The highest BCUT2D eigenvalue weighted by molar-refractivity contribution is 7.16. The van der Waals surface area contributed by atoms with Crippen molar-refractivity contribution < 1.29 is 23.5 Å². The maximum atomic E-state index is 13.6. The lowest BCUT2D eigenvalue weighted by molar-refractivity contribution is -0.142. The van der Waals surface area contributed by atoms with Crippen molar-refractivity contribution in [3.05, 3.63) is 51.7 Å². The van der Waals surface area contributed by atoms with Gasteiger partial charge in [0.05, 0.1) is 12.7 Å². The lowest BCUT2D eigenvalue weighted by Crippen LogP contribution is -2.20. The monoisotopic (exact) mass is 414 g/mol. The summed E-state index contributed by atoms with van der Waals surface area (Å²) in [5.41, 5.74) is 1.98. The molecule has 1 heterocycles. The first-order valence-electron chi connectivity index (χ1n) is 9.04. The number of anilines is 1. The summed E-state index contributed by atoms with van der Waals surface area (Å²) in [5, 5.41) is 12.6. The van der Waals surface area contributed by atoms with Gasteiger partial charge in [0.1, 0.15) is 11.1 Å². The molecule has 3 rings (SSSR count). The summed E-state index contributed by atoms with van der Waals surface area (Å²) >= 11 is 1.41. The van der Waals surface area contributed by atoms with Gasteiger partial charge in [-0.25, -0.2) is 9.18 Å². The topological polar surface area (TPSA) is 88.4 Å². The van der Waals surface area contributed by atoms with Crippen LogP contribution < -0.4 is 10.1 Å². The molecule has 6 nitrogen and oxygen atoms in total. The number of nitrogens with one attached hydrogen (secondary N) is 1. The molecule has 8 heteroatoms. The lowest BCUT2D eigenvalue weighted by atomic mass is 9.96. The van der Waals surface area contributed by atoms with Gasteiger partial charge in [-0.2, -0.15) is 5.26 Å². The number of amides is 1. The van der Waals surface area contributed by atoms with E-state index >= 15 is 0 Å². The second-order valence-corrected chi connectivity index (χ2v) is 7.52. The molecule has 29 heavy (non-hydrogen) atoms. The zero-order chi connectivity index (χ0) is 20.8. The summed E-state index contributed by atoms with van der Waals surface area (Å²) < 4.78 is 23.4. The minimum Gasteiger partial charge on any atom is -0.494 e. The van der Waals surface area contributed by atoms with Gasteiger partial charge in [0.2, 0.25) is 0 Å². The normalized spacial score (nSPS) is 12.9. The highest BCUT2D eigenvalue weighted by atomic mass is 32.1. The molecule has 0 radical (unpaired) electrons. The van der Waals surface area contributed by atoms with E-state index in [1.54, 1.807) is 6.07 Å². The number of hydrogen-bond donors (Lipinski definition) is 1. The van der Waals surface area contributed by atoms with Crippen LogP contribution in [0.1, 0.15) is 34.4 Å². The van der Waals surface area contributed by atoms with Gasteiger partial charge >= 0.3 is 5.97 Å². The Morgan fingerprint density at radius 2 is 2.14 bits per heavy atom. The third-order valence-corrected chi connectivity index (χ3v) is 5.68. The van der Waals surface area contributed by atoms with E-state index in [4.69, 9.17) is 9.47 Å². The van der Waals surface area contributed by atoms with E-state index in [1.165, 1.54) is 36.7 Å². The predicted molar refractivity (Wildman–Crippen MR) is 107 cm³/mol. The van der Waals surface area contributed by atoms with Crippen LogP contribution in [-0.2, 0) is 27.2 Å². The second-order valence-electron chi connectivity index (χ2n) is 6.41. The summed E-state index contributed by atoms with van der Waals surface area (Å²) in [6.07, 6.45) is 6.36. The van der Waals surface area contributed by atoms with Crippen molar-refractivity contribution in [3.8, 4) is 11.8 Å². The predicted octanol–water partition coefficient (Wildman–Crippen LogP) is 3.84. The highest BCUT2D eigenvalue weighted by Gasteiger charge is 2.22. The van der Waals surface area contributed by atoms with Gasteiger partial charge in [0.25, 0.3) is 5.91 Å². The first-order valence-corrected chi connectivity index (χ1v) is 9.86. The van der Waals surface area contributed by atoms with E-state index in [2.05, 4.69) is 11.4 Å². The maximum Gasteiger partial charge on any atom is 0.331 e. The van der Waals surface area contributed by atoms with Crippen LogP contribution in [0.3, 0.4) is 0 Å². The van der Waals surface area contributed by atoms with Gasteiger partial charge in [-0.15, -0.1) is 11.3 Å². The number of aryl methyl sites for hydroxylation is 1. The van der Waals surface area contributed by atoms with Crippen molar-refractivity contribution in [2.45, 2.75) is 25.7 Å². The number of ether oxygens (including phenoxy) is 2. The molecule has 150 valence electrons. The quantitative estimate of drug-likeness (QED) is 0.573. The van der Waals surface area contributed by atoms with Gasteiger partial charge < -0.3 is 14.8 Å². The SMILES string of the molecule is COc1ccc(/C=C/C(=O)OCC(=O)Nc2sc3c(c2C#N)CCCC3)cc1F. The number of halogens is 1. The first-order chi connectivity index (χ1) is 14.0.